The van der Waals surface area contributed by atoms with E-state index in [0.29, 0.717) is 45.0 Å². The Kier molecular flexibility index (Phi) is 640. The van der Waals surface area contributed by atoms with Gasteiger partial charge in [0.15, 0.2) is 0 Å². The van der Waals surface area contributed by atoms with Crippen LogP contribution in [0.3, 0.4) is 0 Å². The molecule has 0 saturated carbocycles. The van der Waals surface area contributed by atoms with Crippen molar-refractivity contribution in [3.8, 4) is 0 Å². The van der Waals surface area contributed by atoms with Gasteiger partial charge in [0.2, 0.25) is 0 Å². The fraction of sp³-hybridized carbons (Fsp3) is 0. The van der Waals surface area contributed by atoms with Gasteiger partial charge in [-0.3, -0.25) is 9.41 Å². The summed E-state index contributed by atoms with van der Waals surface area (Å²) in [5.41, 5.74) is 0. The molecule has 0 aliphatic carbocycles. The van der Waals surface area contributed by atoms with Gasteiger partial charge >= 0.3 is 51.2 Å². The van der Waals surface area contributed by atoms with E-state index < -0.39 is 0 Å². The molecule has 0 rings (SSSR count). The minimum atomic E-state index is 0. The molecule has 0 aliphatic heterocycles. The van der Waals surface area contributed by atoms with Gasteiger partial charge < -0.3 is 0 Å². The molecule has 0 N–H and O–H groups in total. The molecule has 0 unspecified atom stereocenters. The SMILES string of the molecule is F.F.[O]=[Sn].[O]=[Sn]. The molecule has 2 nitrogen and oxygen atoms in total. The first-order valence-corrected chi connectivity index (χ1v) is 2.74. The van der Waals surface area contributed by atoms with E-state index in [1.807, 2.05) is 0 Å². The van der Waals surface area contributed by atoms with Crippen LogP contribution in [-0.2, 0) is 6.15 Å². The summed E-state index contributed by atoms with van der Waals surface area (Å²) in [4.78, 5) is 0. The molecule has 0 aromatic heterocycles. The van der Waals surface area contributed by atoms with Crippen LogP contribution in [0.15, 0.2) is 0 Å². The fourth-order valence-electron chi connectivity index (χ4n) is 0. The van der Waals surface area contributed by atoms with Crippen LogP contribution in [0.5, 0.6) is 0 Å². The van der Waals surface area contributed by atoms with Gasteiger partial charge in [0, 0.05) is 0 Å². The van der Waals surface area contributed by atoms with Crippen molar-refractivity contribution in [1.29, 1.82) is 0 Å². The zero-order valence-corrected chi connectivity index (χ0v) is 8.34. The Morgan fingerprint density at radius 2 is 0.667 bits per heavy atom. The van der Waals surface area contributed by atoms with Crippen LogP contribution in [0.1, 0.15) is 0 Å². The van der Waals surface area contributed by atoms with Crippen molar-refractivity contribution in [3.63, 3.8) is 0 Å². The molecule has 0 bridgehead atoms. The Morgan fingerprint density at radius 3 is 0.667 bits per heavy atom. The third-order valence-electron chi connectivity index (χ3n) is 0. The normalized spacial score (nSPS) is 1.33. The van der Waals surface area contributed by atoms with Crippen molar-refractivity contribution in [2.45, 2.75) is 0 Å². The average Bonchev–Trinajstić information content (AvgIpc) is 1.50. The summed E-state index contributed by atoms with van der Waals surface area (Å²) in [7, 11) is 0. The van der Waals surface area contributed by atoms with Gasteiger partial charge in [-0.15, -0.1) is 0 Å². The summed E-state index contributed by atoms with van der Waals surface area (Å²) in [6.07, 6.45) is 0. The summed E-state index contributed by atoms with van der Waals surface area (Å²) in [6, 6.07) is 0. The standard InChI is InChI=1S/2FH.2O.2Sn/h2*1H;;;;. The monoisotopic (exact) mass is 312 g/mol. The van der Waals surface area contributed by atoms with Gasteiger partial charge in [0.05, 0.1) is 0 Å². The van der Waals surface area contributed by atoms with Crippen molar-refractivity contribution in [2.75, 3.05) is 0 Å². The Hall–Kier alpha value is 1.06. The summed E-state index contributed by atoms with van der Waals surface area (Å²) in [5, 5.41) is 0. The maximum absolute atomic E-state index is 8.34. The van der Waals surface area contributed by atoms with E-state index in [-0.39, 0.29) is 9.41 Å². The van der Waals surface area contributed by atoms with E-state index in [0.717, 1.165) is 0 Å². The molecule has 6 heavy (non-hydrogen) atoms. The minimum absolute atomic E-state index is 0. The van der Waals surface area contributed by atoms with Crippen LogP contribution < -0.4 is 0 Å². The van der Waals surface area contributed by atoms with Crippen LogP contribution in [0.25, 0.3) is 0 Å². The maximum atomic E-state index is 8.34. The van der Waals surface area contributed by atoms with E-state index >= 15 is 0 Å². The molecule has 0 saturated heterocycles. The van der Waals surface area contributed by atoms with Crippen LogP contribution in [0.4, 0.5) is 9.41 Å². The molecule has 0 aromatic rings. The molecule has 6 heteroatoms. The second-order valence-corrected chi connectivity index (χ2v) is 0. The van der Waals surface area contributed by atoms with Crippen molar-refractivity contribution >= 4 is 45.0 Å². The van der Waals surface area contributed by atoms with E-state index in [1.54, 1.807) is 0 Å². The van der Waals surface area contributed by atoms with E-state index in [1.165, 1.54) is 0 Å². The van der Waals surface area contributed by atoms with Gasteiger partial charge in [-0.2, -0.15) is 0 Å². The predicted molar refractivity (Wildman–Crippen MR) is 17.9 cm³/mol. The summed E-state index contributed by atoms with van der Waals surface area (Å²) in [5.74, 6) is 0. The average molecular weight is 309 g/mol. The van der Waals surface area contributed by atoms with E-state index in [4.69, 9.17) is 6.15 Å². The van der Waals surface area contributed by atoms with Crippen molar-refractivity contribution in [3.05, 3.63) is 0 Å². The van der Waals surface area contributed by atoms with Crippen molar-refractivity contribution in [1.82, 2.24) is 0 Å². The molecular weight excluding hydrogens is 307 g/mol. The zero-order valence-electron chi connectivity index (χ0n) is 2.63. The molecule has 0 heterocycles. The van der Waals surface area contributed by atoms with Crippen molar-refractivity contribution < 1.29 is 15.6 Å². The molecule has 0 fully saturated rings. The van der Waals surface area contributed by atoms with Gasteiger partial charge in [0.25, 0.3) is 0 Å². The second kappa shape index (κ2) is 139. The molecule has 0 aliphatic rings. The Bertz CT molecular complexity index is 11.5. The van der Waals surface area contributed by atoms with Crippen LogP contribution >= 0.6 is 0 Å². The predicted octanol–water partition coefficient (Wildman–Crippen LogP) is -0.694. The molecule has 36 valence electrons. The molecule has 0 spiro atoms. The van der Waals surface area contributed by atoms with Gasteiger partial charge in [0.1, 0.15) is 0 Å². The van der Waals surface area contributed by atoms with Crippen LogP contribution in [0, 0.1) is 0 Å². The summed E-state index contributed by atoms with van der Waals surface area (Å²) < 4.78 is 16.7. The van der Waals surface area contributed by atoms with Gasteiger partial charge in [-0.1, -0.05) is 0 Å². The number of rotatable bonds is 0. The molecule has 0 atom stereocenters. The molecule has 0 amide bonds. The first-order valence-electron chi connectivity index (χ1n) is 0.408. The second-order valence-electron chi connectivity index (χ2n) is 0. The molecule has 0 aromatic carbocycles. The number of halogens is 2. The van der Waals surface area contributed by atoms with E-state index in [2.05, 4.69) is 0 Å². The van der Waals surface area contributed by atoms with Gasteiger partial charge in [-0.25, -0.2) is 0 Å². The molecule has 4 radical (unpaired) electrons. The zero-order chi connectivity index (χ0) is 4.00. The first kappa shape index (κ1) is 27.7. The topological polar surface area (TPSA) is 34.1 Å². The van der Waals surface area contributed by atoms with Crippen LogP contribution in [-0.4, -0.2) is 45.0 Å². The number of hydrogen-bond acceptors (Lipinski definition) is 2. The van der Waals surface area contributed by atoms with Crippen LogP contribution in [0.2, 0.25) is 0 Å². The summed E-state index contributed by atoms with van der Waals surface area (Å²) in [6.45, 7) is 0. The quantitative estimate of drug-likeness (QED) is 0.555. The fourth-order valence-corrected chi connectivity index (χ4v) is 0. The third-order valence-corrected chi connectivity index (χ3v) is 0. The summed E-state index contributed by atoms with van der Waals surface area (Å²) >= 11 is 0.600. The van der Waals surface area contributed by atoms with Crippen molar-refractivity contribution in [2.24, 2.45) is 0 Å². The Labute approximate surface area is 60.4 Å². The number of hydrogen-bond donors (Lipinski definition) is 0. The Balaban J connectivity index is -0.00000000500. The van der Waals surface area contributed by atoms with E-state index in [9.17, 15) is 0 Å². The Morgan fingerprint density at radius 1 is 0.667 bits per heavy atom. The first-order chi connectivity index (χ1) is 2.00. The third kappa shape index (κ3) is 74.5. The molecular formula is H2F2O2Sn2. The van der Waals surface area contributed by atoms with Gasteiger partial charge in [-0.05, 0) is 0 Å².